The Kier molecular flexibility index (Phi) is 12.1. The van der Waals surface area contributed by atoms with E-state index in [1.54, 1.807) is 0 Å². The number of halogens is 1. The summed E-state index contributed by atoms with van der Waals surface area (Å²) in [7, 11) is 0. The molecule has 1 unspecified atom stereocenters. The minimum absolute atomic E-state index is 0.0509. The Morgan fingerprint density at radius 2 is 1.73 bits per heavy atom. The number of aliphatic hydroxyl groups excluding tert-OH is 1. The van der Waals surface area contributed by atoms with Crippen LogP contribution in [0.1, 0.15) is 34.1 Å². The van der Waals surface area contributed by atoms with E-state index in [1.165, 1.54) is 0 Å². The van der Waals surface area contributed by atoms with Gasteiger partial charge in [-0.05, 0) is 18.3 Å². The van der Waals surface area contributed by atoms with Crippen LogP contribution < -0.4 is 0 Å². The predicted octanol–water partition coefficient (Wildman–Crippen LogP) is 2.64. The molecule has 0 aliphatic rings. The van der Waals surface area contributed by atoms with E-state index in [2.05, 4.69) is 0 Å². The Bertz CT molecular complexity index is 64.6. The highest BCUT2D eigenvalue weighted by atomic mass is 19.1. The summed E-state index contributed by atoms with van der Waals surface area (Å²) in [6, 6.07) is 0. The van der Waals surface area contributed by atoms with Crippen molar-refractivity contribution in [1.82, 2.24) is 0 Å². The lowest BCUT2D eigenvalue weighted by molar-refractivity contribution is 0.203. The second-order valence-corrected chi connectivity index (χ2v) is 2.67. The van der Waals surface area contributed by atoms with Crippen LogP contribution in [-0.4, -0.2) is 18.4 Å². The summed E-state index contributed by atoms with van der Waals surface area (Å²) in [5.41, 5.74) is 0. The number of rotatable bonds is 4. The third-order valence-corrected chi connectivity index (χ3v) is 1.64. The van der Waals surface area contributed by atoms with Gasteiger partial charge in [0.15, 0.2) is 0 Å². The highest BCUT2D eigenvalue weighted by Crippen LogP contribution is 2.14. The van der Waals surface area contributed by atoms with E-state index >= 15 is 0 Å². The second kappa shape index (κ2) is 9.89. The van der Waals surface area contributed by atoms with Gasteiger partial charge >= 0.3 is 0 Å². The molecule has 1 atom stereocenters. The van der Waals surface area contributed by atoms with Gasteiger partial charge < -0.3 is 5.11 Å². The fraction of sp³-hybridized carbons (Fsp3) is 1.00. The van der Waals surface area contributed by atoms with E-state index in [1.807, 2.05) is 27.7 Å². The Morgan fingerprint density at radius 3 is 1.82 bits per heavy atom. The molecule has 11 heavy (non-hydrogen) atoms. The summed E-state index contributed by atoms with van der Waals surface area (Å²) < 4.78 is 12.0. The highest BCUT2D eigenvalue weighted by molar-refractivity contribution is 4.60. The van der Waals surface area contributed by atoms with Gasteiger partial charge in [-0.2, -0.15) is 0 Å². The van der Waals surface area contributed by atoms with Crippen molar-refractivity contribution in [3.05, 3.63) is 0 Å². The third kappa shape index (κ3) is 7.79. The Hall–Kier alpha value is -0.110. The van der Waals surface area contributed by atoms with Crippen LogP contribution in [0.15, 0.2) is 0 Å². The molecule has 1 nitrogen and oxygen atoms in total. The predicted molar refractivity (Wildman–Crippen MR) is 47.4 cm³/mol. The van der Waals surface area contributed by atoms with E-state index in [0.717, 1.165) is 0 Å². The first-order valence-corrected chi connectivity index (χ1v) is 4.39. The maximum atomic E-state index is 12.0. The molecular formula is C9H21FO. The Balaban J connectivity index is 0. The Morgan fingerprint density at radius 1 is 1.27 bits per heavy atom. The first-order valence-electron chi connectivity index (χ1n) is 4.39. The standard InChI is InChI=1S/C7H15FO.C2H6/c1-6(2)7(5-8)3-4-9;1-2/h6-7,9H,3-5H2,1-2H3;1-2H3. The number of hydrogen-bond acceptors (Lipinski definition) is 1. The molecule has 0 aromatic rings. The average molecular weight is 164 g/mol. The zero-order valence-corrected chi connectivity index (χ0v) is 8.10. The van der Waals surface area contributed by atoms with E-state index in [-0.39, 0.29) is 19.2 Å². The molecule has 0 radical (unpaired) electrons. The summed E-state index contributed by atoms with van der Waals surface area (Å²) >= 11 is 0. The van der Waals surface area contributed by atoms with E-state index in [0.29, 0.717) is 12.3 Å². The van der Waals surface area contributed by atoms with E-state index in [9.17, 15) is 4.39 Å². The van der Waals surface area contributed by atoms with Crippen LogP contribution in [0.25, 0.3) is 0 Å². The van der Waals surface area contributed by atoms with Crippen LogP contribution in [0, 0.1) is 11.8 Å². The molecule has 0 saturated carbocycles. The van der Waals surface area contributed by atoms with Crippen molar-refractivity contribution in [2.45, 2.75) is 34.1 Å². The first-order chi connectivity index (χ1) is 5.22. The quantitative estimate of drug-likeness (QED) is 0.677. The van der Waals surface area contributed by atoms with Crippen molar-refractivity contribution in [1.29, 1.82) is 0 Å². The summed E-state index contributed by atoms with van der Waals surface area (Å²) in [6.45, 7) is 7.74. The zero-order chi connectivity index (χ0) is 9.28. The molecule has 0 aliphatic carbocycles. The second-order valence-electron chi connectivity index (χ2n) is 2.67. The summed E-state index contributed by atoms with van der Waals surface area (Å²) in [5, 5.41) is 8.45. The highest BCUT2D eigenvalue weighted by Gasteiger charge is 2.11. The Labute approximate surface area is 69.6 Å². The van der Waals surface area contributed by atoms with Crippen molar-refractivity contribution in [3.8, 4) is 0 Å². The number of alkyl halides is 1. The van der Waals surface area contributed by atoms with Gasteiger partial charge in [0.2, 0.25) is 0 Å². The minimum atomic E-state index is -0.307. The molecule has 0 bridgehead atoms. The maximum absolute atomic E-state index is 12.0. The average Bonchev–Trinajstić information content (AvgIpc) is 2.03. The fourth-order valence-corrected chi connectivity index (χ4v) is 0.754. The molecule has 2 heteroatoms. The molecule has 1 N–H and O–H groups in total. The maximum Gasteiger partial charge on any atom is 0.0925 e. The monoisotopic (exact) mass is 164 g/mol. The van der Waals surface area contributed by atoms with Gasteiger partial charge in [-0.15, -0.1) is 0 Å². The van der Waals surface area contributed by atoms with E-state index < -0.39 is 0 Å². The van der Waals surface area contributed by atoms with Gasteiger partial charge in [0, 0.05) is 6.61 Å². The summed E-state index contributed by atoms with van der Waals surface area (Å²) in [6.07, 6.45) is 0.591. The molecule has 0 saturated heterocycles. The van der Waals surface area contributed by atoms with Crippen molar-refractivity contribution in [2.75, 3.05) is 13.3 Å². The van der Waals surface area contributed by atoms with Crippen molar-refractivity contribution in [2.24, 2.45) is 11.8 Å². The van der Waals surface area contributed by atoms with Crippen LogP contribution >= 0.6 is 0 Å². The molecular weight excluding hydrogens is 143 g/mol. The largest absolute Gasteiger partial charge is 0.396 e. The van der Waals surface area contributed by atoms with Crippen molar-refractivity contribution < 1.29 is 9.50 Å². The van der Waals surface area contributed by atoms with Crippen molar-refractivity contribution in [3.63, 3.8) is 0 Å². The number of hydrogen-bond donors (Lipinski definition) is 1. The van der Waals surface area contributed by atoms with Gasteiger partial charge in [0.05, 0.1) is 6.67 Å². The molecule has 0 fully saturated rings. The topological polar surface area (TPSA) is 20.2 Å². The molecule has 0 heterocycles. The lowest BCUT2D eigenvalue weighted by Gasteiger charge is -2.14. The van der Waals surface area contributed by atoms with E-state index in [4.69, 9.17) is 5.11 Å². The van der Waals surface area contributed by atoms with Crippen molar-refractivity contribution >= 4 is 0 Å². The lowest BCUT2D eigenvalue weighted by Crippen LogP contribution is -2.12. The minimum Gasteiger partial charge on any atom is -0.396 e. The summed E-state index contributed by atoms with van der Waals surface area (Å²) in [4.78, 5) is 0. The molecule has 0 rings (SSSR count). The van der Waals surface area contributed by atoms with Crippen LogP contribution in [-0.2, 0) is 0 Å². The lowest BCUT2D eigenvalue weighted by atomic mass is 9.94. The van der Waals surface area contributed by atoms with Crippen LogP contribution in [0.4, 0.5) is 4.39 Å². The van der Waals surface area contributed by atoms with Crippen LogP contribution in [0.5, 0.6) is 0 Å². The third-order valence-electron chi connectivity index (χ3n) is 1.64. The van der Waals surface area contributed by atoms with Gasteiger partial charge in [0.1, 0.15) is 0 Å². The molecule has 0 aromatic carbocycles. The van der Waals surface area contributed by atoms with Gasteiger partial charge in [-0.1, -0.05) is 27.7 Å². The number of aliphatic hydroxyl groups is 1. The van der Waals surface area contributed by atoms with Gasteiger partial charge in [0.25, 0.3) is 0 Å². The first kappa shape index (κ1) is 13.5. The smallest absolute Gasteiger partial charge is 0.0925 e. The molecule has 0 spiro atoms. The van der Waals surface area contributed by atoms with Gasteiger partial charge in [-0.25, -0.2) is 0 Å². The molecule has 70 valence electrons. The zero-order valence-electron chi connectivity index (χ0n) is 8.10. The molecule has 0 amide bonds. The van der Waals surface area contributed by atoms with Gasteiger partial charge in [-0.3, -0.25) is 4.39 Å². The van der Waals surface area contributed by atoms with Crippen LogP contribution in [0.3, 0.4) is 0 Å². The normalized spacial score (nSPS) is 12.3. The SMILES string of the molecule is CC.CC(C)C(CF)CCO. The van der Waals surface area contributed by atoms with Crippen LogP contribution in [0.2, 0.25) is 0 Å². The molecule has 0 aromatic heterocycles. The fourth-order valence-electron chi connectivity index (χ4n) is 0.754. The summed E-state index contributed by atoms with van der Waals surface area (Å²) in [5.74, 6) is 0.400. The molecule has 0 aliphatic heterocycles.